The Morgan fingerprint density at radius 2 is 2.00 bits per heavy atom. The number of hydrogen-bond donors (Lipinski definition) is 2. The van der Waals surface area contributed by atoms with Crippen molar-refractivity contribution in [1.29, 1.82) is 5.41 Å². The minimum atomic E-state index is -0.841. The number of aryl methyl sites for hydroxylation is 2. The maximum absolute atomic E-state index is 14.5. The third-order valence-electron chi connectivity index (χ3n) is 7.64. The van der Waals surface area contributed by atoms with Crippen LogP contribution in [0.1, 0.15) is 69.8 Å². The lowest BCUT2D eigenvalue weighted by atomic mass is 9.75. The number of thioether (sulfide) groups is 1. The number of nitrogens with one attached hydrogen (secondary N) is 1. The van der Waals surface area contributed by atoms with Crippen LogP contribution in [0.3, 0.4) is 0 Å². The molecule has 174 valence electrons. The number of likely N-dealkylation sites (tertiary alicyclic amines) is 1. The fourth-order valence-corrected chi connectivity index (χ4v) is 7.11. The van der Waals surface area contributed by atoms with E-state index in [2.05, 4.69) is 44.7 Å². The van der Waals surface area contributed by atoms with Crippen molar-refractivity contribution in [2.24, 2.45) is 28.5 Å². The number of nitrogens with two attached hydrogens (primary N) is 1. The summed E-state index contributed by atoms with van der Waals surface area (Å²) >= 11 is 1.85. The van der Waals surface area contributed by atoms with Crippen molar-refractivity contribution in [3.05, 3.63) is 40.6 Å². The van der Waals surface area contributed by atoms with Crippen molar-refractivity contribution in [2.45, 2.75) is 76.2 Å². The Kier molecular flexibility index (Phi) is 7.11. The summed E-state index contributed by atoms with van der Waals surface area (Å²) in [5.74, 6) is 1.69. The summed E-state index contributed by atoms with van der Waals surface area (Å²) in [6.07, 6.45) is 5.17. The number of rotatable bonds is 6. The van der Waals surface area contributed by atoms with E-state index in [0.717, 1.165) is 36.4 Å². The van der Waals surface area contributed by atoms with Crippen LogP contribution in [-0.4, -0.2) is 34.9 Å². The Bertz CT molecular complexity index is 940. The molecule has 5 atom stereocenters. The normalized spacial score (nSPS) is 29.9. The second kappa shape index (κ2) is 9.68. The van der Waals surface area contributed by atoms with Gasteiger partial charge in [0, 0.05) is 36.3 Å². The number of halogens is 1. The molecule has 32 heavy (non-hydrogen) atoms. The summed E-state index contributed by atoms with van der Waals surface area (Å²) in [6, 6.07) is 4.35. The van der Waals surface area contributed by atoms with E-state index in [4.69, 9.17) is 16.1 Å². The van der Waals surface area contributed by atoms with Crippen LogP contribution in [0.5, 0.6) is 0 Å². The lowest BCUT2D eigenvalue weighted by Gasteiger charge is -2.48. The molecular weight excluding hydrogens is 419 g/mol. The second-order valence-corrected chi connectivity index (χ2v) is 10.7. The van der Waals surface area contributed by atoms with Gasteiger partial charge in [-0.25, -0.2) is 9.38 Å². The molecule has 1 fully saturated rings. The monoisotopic (exact) mass is 456 g/mol. The Morgan fingerprint density at radius 1 is 1.22 bits per heavy atom. The fourth-order valence-electron chi connectivity index (χ4n) is 5.50. The number of alkyl halides is 1. The molecule has 1 aromatic carbocycles. The summed E-state index contributed by atoms with van der Waals surface area (Å²) in [5, 5.41) is 9.02. The molecule has 4 rings (SSSR count). The van der Waals surface area contributed by atoms with Crippen LogP contribution in [0.4, 0.5) is 4.39 Å². The van der Waals surface area contributed by atoms with Gasteiger partial charge in [0.2, 0.25) is 0 Å². The van der Waals surface area contributed by atoms with E-state index in [0.29, 0.717) is 37.8 Å². The summed E-state index contributed by atoms with van der Waals surface area (Å²) in [5.41, 5.74) is 11.4. The van der Waals surface area contributed by atoms with Gasteiger partial charge in [0.15, 0.2) is 0 Å². The zero-order valence-corrected chi connectivity index (χ0v) is 20.6. The van der Waals surface area contributed by atoms with Crippen molar-refractivity contribution < 1.29 is 4.39 Å². The van der Waals surface area contributed by atoms with Gasteiger partial charge in [-0.1, -0.05) is 33.8 Å². The average molecular weight is 457 g/mol. The van der Waals surface area contributed by atoms with Crippen LogP contribution in [0, 0.1) is 23.2 Å². The van der Waals surface area contributed by atoms with Gasteiger partial charge in [0.25, 0.3) is 0 Å². The fraction of sp³-hybridized carbons (Fsp3) is 0.615. The average Bonchev–Trinajstić information content (AvgIpc) is 3.05. The zero-order chi connectivity index (χ0) is 23.0. The van der Waals surface area contributed by atoms with E-state index in [9.17, 15) is 4.39 Å². The maximum Gasteiger partial charge on any atom is 0.126 e. The molecule has 2 aliphatic heterocycles. The minimum absolute atomic E-state index is 0.0367. The van der Waals surface area contributed by atoms with Gasteiger partial charge in [-0.15, -0.1) is 11.8 Å². The summed E-state index contributed by atoms with van der Waals surface area (Å²) < 4.78 is 14.5. The number of aliphatic imine (C=N–C) groups is 1. The van der Waals surface area contributed by atoms with E-state index in [1.807, 2.05) is 18.0 Å². The first-order valence-electron chi connectivity index (χ1n) is 12.2. The predicted octanol–water partition coefficient (Wildman–Crippen LogP) is 5.90. The second-order valence-electron chi connectivity index (χ2n) is 9.54. The number of benzene rings is 1. The highest BCUT2D eigenvalue weighted by molar-refractivity contribution is 8.00. The Morgan fingerprint density at radius 3 is 2.69 bits per heavy atom. The molecule has 0 radical (unpaired) electrons. The number of amidine groups is 1. The summed E-state index contributed by atoms with van der Waals surface area (Å²) in [4.78, 5) is 8.49. The van der Waals surface area contributed by atoms with Gasteiger partial charge < -0.3 is 16.0 Å². The van der Waals surface area contributed by atoms with Gasteiger partial charge in [0.1, 0.15) is 12.0 Å². The molecule has 1 aromatic rings. The van der Waals surface area contributed by atoms with Crippen LogP contribution in [-0.2, 0) is 12.8 Å². The third-order valence-corrected chi connectivity index (χ3v) is 9.20. The molecule has 1 saturated heterocycles. The van der Waals surface area contributed by atoms with Crippen molar-refractivity contribution in [2.75, 3.05) is 13.1 Å². The van der Waals surface area contributed by atoms with Gasteiger partial charge in [0.05, 0.1) is 11.3 Å². The highest BCUT2D eigenvalue weighted by atomic mass is 32.2. The van der Waals surface area contributed by atoms with Crippen LogP contribution in [0.15, 0.2) is 33.8 Å². The summed E-state index contributed by atoms with van der Waals surface area (Å²) in [6.45, 7) is 10.1. The Balaban J connectivity index is 1.74. The van der Waals surface area contributed by atoms with Crippen molar-refractivity contribution >= 4 is 23.3 Å². The highest BCUT2D eigenvalue weighted by Crippen LogP contribution is 2.46. The largest absolute Gasteiger partial charge is 0.346 e. The lowest BCUT2D eigenvalue weighted by Crippen LogP contribution is -2.57. The lowest BCUT2D eigenvalue weighted by molar-refractivity contribution is 0.201. The molecule has 0 spiro atoms. The first-order chi connectivity index (χ1) is 15.4. The smallest absolute Gasteiger partial charge is 0.126 e. The highest BCUT2D eigenvalue weighted by Gasteiger charge is 2.45. The molecule has 0 bridgehead atoms. The van der Waals surface area contributed by atoms with Gasteiger partial charge >= 0.3 is 0 Å². The van der Waals surface area contributed by atoms with Gasteiger partial charge in [-0.2, -0.15) is 0 Å². The molecule has 6 heteroatoms. The van der Waals surface area contributed by atoms with E-state index >= 15 is 0 Å². The van der Waals surface area contributed by atoms with Crippen LogP contribution >= 0.6 is 11.8 Å². The molecule has 0 saturated carbocycles. The van der Waals surface area contributed by atoms with Gasteiger partial charge in [-0.3, -0.25) is 0 Å². The molecule has 3 aliphatic rings. The standard InChI is InChI=1S/C26H37FN4S/c1-5-17-11-22(29)24-15(3)16(4)26(31(10-9-28)25(24)30-14-17)32-23-13-20-19(7-8-21(20)27)12-18(23)6-2/h12-16,21,24,26,29H,5-11,28H2,1-4H3. The Labute approximate surface area is 196 Å². The molecule has 2 heterocycles. The van der Waals surface area contributed by atoms with Crippen LogP contribution < -0.4 is 5.73 Å². The van der Waals surface area contributed by atoms with E-state index in [-0.39, 0.29) is 11.3 Å². The summed E-state index contributed by atoms with van der Waals surface area (Å²) in [7, 11) is 0. The zero-order valence-electron chi connectivity index (χ0n) is 19.8. The van der Waals surface area contributed by atoms with Crippen molar-refractivity contribution in [3.63, 3.8) is 0 Å². The minimum Gasteiger partial charge on any atom is -0.346 e. The number of nitrogens with zero attached hydrogens (tertiary/aromatic N) is 2. The SMILES string of the molecule is CCC1=CN=C2C(C(=N)C1)C(C)C(C)C(Sc1cc3c(cc1CC)CCC3F)N2CCN. The quantitative estimate of drug-likeness (QED) is 0.560. The van der Waals surface area contributed by atoms with Crippen LogP contribution in [0.25, 0.3) is 0 Å². The predicted molar refractivity (Wildman–Crippen MR) is 133 cm³/mol. The van der Waals surface area contributed by atoms with E-state index in [1.54, 1.807) is 0 Å². The van der Waals surface area contributed by atoms with E-state index < -0.39 is 6.17 Å². The first-order valence-corrected chi connectivity index (χ1v) is 13.0. The van der Waals surface area contributed by atoms with Crippen molar-refractivity contribution in [1.82, 2.24) is 4.90 Å². The first kappa shape index (κ1) is 23.5. The number of fused-ring (bicyclic) bond motifs is 2. The van der Waals surface area contributed by atoms with Crippen LogP contribution in [0.2, 0.25) is 0 Å². The number of piperidine rings is 1. The van der Waals surface area contributed by atoms with Crippen molar-refractivity contribution in [3.8, 4) is 0 Å². The molecule has 0 amide bonds. The number of hydrogen-bond acceptors (Lipinski definition) is 5. The number of allylic oxidation sites excluding steroid dienone is 1. The molecular formula is C26H37FN4S. The molecule has 5 unspecified atom stereocenters. The molecule has 1 aliphatic carbocycles. The van der Waals surface area contributed by atoms with Gasteiger partial charge in [-0.05, 0) is 65.8 Å². The molecule has 3 N–H and O–H groups in total. The topological polar surface area (TPSA) is 65.5 Å². The van der Waals surface area contributed by atoms with E-state index in [1.165, 1.54) is 21.6 Å². The maximum atomic E-state index is 14.5. The third kappa shape index (κ3) is 4.16. The molecule has 4 nitrogen and oxygen atoms in total. The molecule has 0 aromatic heterocycles. The Hall–Kier alpha value is -1.66.